The Morgan fingerprint density at radius 1 is 0.806 bits per heavy atom. The van der Waals surface area contributed by atoms with Crippen molar-refractivity contribution in [3.63, 3.8) is 0 Å². The molecule has 2 amide bonds. The number of rotatable bonds is 7. The summed E-state index contributed by atoms with van der Waals surface area (Å²) in [6.07, 6.45) is 10.9. The second-order valence-corrected chi connectivity index (χ2v) is 9.43. The van der Waals surface area contributed by atoms with Crippen molar-refractivity contribution in [2.24, 2.45) is 5.92 Å². The molecule has 5 rings (SSSR count). The maximum atomic E-state index is 12.3. The van der Waals surface area contributed by atoms with Gasteiger partial charge in [-0.05, 0) is 48.9 Å². The molecule has 1 N–H and O–H groups in total. The molecule has 0 unspecified atom stereocenters. The number of aromatic nitrogens is 1. The van der Waals surface area contributed by atoms with Gasteiger partial charge < -0.3 is 15.0 Å². The number of ether oxygens (including phenoxy) is 1. The predicted molar refractivity (Wildman–Crippen MR) is 140 cm³/mol. The van der Waals surface area contributed by atoms with Crippen LogP contribution in [0.2, 0.25) is 0 Å². The number of hydrogen-bond acceptors (Lipinski definition) is 4. The minimum absolute atomic E-state index is 0.239. The minimum atomic E-state index is -0.289. The number of amides is 2. The molecule has 1 aromatic heterocycles. The zero-order chi connectivity index (χ0) is 25.0. The predicted octanol–water partition coefficient (Wildman–Crippen LogP) is 6.13. The van der Waals surface area contributed by atoms with Crippen LogP contribution in [0.15, 0.2) is 85.2 Å². The normalized spacial score (nSPS) is 15.2. The van der Waals surface area contributed by atoms with Crippen LogP contribution in [0.25, 0.3) is 0 Å². The van der Waals surface area contributed by atoms with Gasteiger partial charge in [-0.15, -0.1) is 0 Å². The first-order chi connectivity index (χ1) is 17.7. The van der Waals surface area contributed by atoms with Crippen LogP contribution >= 0.6 is 0 Å². The zero-order valence-electron chi connectivity index (χ0n) is 20.7. The summed E-state index contributed by atoms with van der Waals surface area (Å²) in [6, 6.07) is 23.7. The van der Waals surface area contributed by atoms with Crippen molar-refractivity contribution in [2.75, 3.05) is 0 Å². The molecule has 0 saturated heterocycles. The fraction of sp³-hybridized carbons (Fsp3) is 0.367. The maximum Gasteiger partial charge on any atom is 0.415 e. The Morgan fingerprint density at radius 3 is 2.03 bits per heavy atom. The number of nitrogens with zero attached hydrogens (tertiary/aromatic N) is 2. The van der Waals surface area contributed by atoms with Crippen LogP contribution in [0.1, 0.15) is 56.1 Å². The molecule has 2 aliphatic rings. The summed E-state index contributed by atoms with van der Waals surface area (Å²) in [5.74, 6) is 1.03. The number of benzene rings is 2. The fourth-order valence-corrected chi connectivity index (χ4v) is 4.37. The van der Waals surface area contributed by atoms with Gasteiger partial charge in [-0.1, -0.05) is 79.9 Å². The molecule has 2 fully saturated rings. The number of pyridine rings is 1. The molecule has 1 heterocycles. The molecular formula is C30H35N3O3. The summed E-state index contributed by atoms with van der Waals surface area (Å²) in [6.45, 7) is 1.26. The number of carbonyl (C=O) groups is 2. The highest BCUT2D eigenvalue weighted by molar-refractivity contribution is 5.78. The average Bonchev–Trinajstić information content (AvgIpc) is 3.78. The van der Waals surface area contributed by atoms with Crippen LogP contribution in [-0.4, -0.2) is 27.9 Å². The van der Waals surface area contributed by atoms with E-state index in [1.165, 1.54) is 24.8 Å². The van der Waals surface area contributed by atoms with Gasteiger partial charge in [0.1, 0.15) is 5.75 Å². The largest absolute Gasteiger partial charge is 0.415 e. The number of hydrogen-bond donors (Lipinski definition) is 1. The first-order valence-electron chi connectivity index (χ1n) is 12.9. The Labute approximate surface area is 213 Å². The molecule has 36 heavy (non-hydrogen) atoms. The molecule has 2 aliphatic carbocycles. The number of nitrogens with one attached hydrogen (secondary N) is 1. The van der Waals surface area contributed by atoms with Crippen molar-refractivity contribution in [2.45, 2.75) is 64.1 Å². The molecule has 2 aromatic carbocycles. The van der Waals surface area contributed by atoms with Gasteiger partial charge in [0.05, 0.1) is 0 Å². The number of carbonyl (C=O) groups excluding carboxylic acids is 2. The van der Waals surface area contributed by atoms with Gasteiger partial charge in [0.2, 0.25) is 5.91 Å². The SMILES string of the molecule is O=C(NCc1ccccc1)C1CCCCC1.O=C(Oc1ccncc1)N(Cc1ccccc1)C1CC1. The molecule has 6 nitrogen and oxygen atoms in total. The van der Waals surface area contributed by atoms with Crippen LogP contribution in [0.3, 0.4) is 0 Å². The van der Waals surface area contributed by atoms with Crippen molar-refractivity contribution >= 4 is 12.0 Å². The average molecular weight is 486 g/mol. The molecule has 3 aromatic rings. The Bertz CT molecular complexity index is 1070. The quantitative estimate of drug-likeness (QED) is 0.437. The fourth-order valence-electron chi connectivity index (χ4n) is 4.37. The first kappa shape index (κ1) is 25.4. The van der Waals surface area contributed by atoms with E-state index < -0.39 is 0 Å². The third-order valence-corrected chi connectivity index (χ3v) is 6.56. The topological polar surface area (TPSA) is 71.5 Å². The molecule has 0 spiro atoms. The Hall–Kier alpha value is -3.67. The highest BCUT2D eigenvalue weighted by atomic mass is 16.6. The van der Waals surface area contributed by atoms with E-state index in [0.29, 0.717) is 24.9 Å². The monoisotopic (exact) mass is 485 g/mol. The lowest BCUT2D eigenvalue weighted by Gasteiger charge is -2.21. The van der Waals surface area contributed by atoms with E-state index in [4.69, 9.17) is 4.74 Å². The van der Waals surface area contributed by atoms with Crippen LogP contribution in [0.5, 0.6) is 5.75 Å². The van der Waals surface area contributed by atoms with Crippen LogP contribution in [0, 0.1) is 5.92 Å². The van der Waals surface area contributed by atoms with E-state index in [2.05, 4.69) is 10.3 Å². The van der Waals surface area contributed by atoms with Gasteiger partial charge in [0.15, 0.2) is 0 Å². The van der Waals surface area contributed by atoms with E-state index in [1.54, 1.807) is 29.4 Å². The minimum Gasteiger partial charge on any atom is -0.410 e. The Morgan fingerprint density at radius 2 is 1.42 bits per heavy atom. The van der Waals surface area contributed by atoms with Gasteiger partial charge in [-0.25, -0.2) is 4.79 Å². The Kier molecular flexibility index (Phi) is 9.48. The third kappa shape index (κ3) is 8.22. The van der Waals surface area contributed by atoms with Gasteiger partial charge in [-0.3, -0.25) is 9.78 Å². The summed E-state index contributed by atoms with van der Waals surface area (Å²) >= 11 is 0. The van der Waals surface area contributed by atoms with Crippen molar-refractivity contribution in [3.8, 4) is 5.75 Å². The van der Waals surface area contributed by atoms with E-state index >= 15 is 0 Å². The third-order valence-electron chi connectivity index (χ3n) is 6.56. The summed E-state index contributed by atoms with van der Waals surface area (Å²) in [7, 11) is 0. The lowest BCUT2D eigenvalue weighted by Crippen LogP contribution is -2.34. The smallest absolute Gasteiger partial charge is 0.410 e. The highest BCUT2D eigenvalue weighted by Crippen LogP contribution is 2.29. The van der Waals surface area contributed by atoms with E-state index in [-0.39, 0.29) is 17.9 Å². The maximum absolute atomic E-state index is 12.3. The van der Waals surface area contributed by atoms with Crippen LogP contribution in [-0.2, 0) is 17.9 Å². The van der Waals surface area contributed by atoms with Gasteiger partial charge in [-0.2, -0.15) is 0 Å². The van der Waals surface area contributed by atoms with Gasteiger partial charge in [0.25, 0.3) is 0 Å². The summed E-state index contributed by atoms with van der Waals surface area (Å²) in [5, 5.41) is 3.03. The lowest BCUT2D eigenvalue weighted by molar-refractivity contribution is -0.126. The van der Waals surface area contributed by atoms with Gasteiger partial charge >= 0.3 is 6.09 Å². The van der Waals surface area contributed by atoms with Gasteiger partial charge in [0, 0.05) is 37.4 Å². The van der Waals surface area contributed by atoms with Crippen molar-refractivity contribution in [1.29, 1.82) is 0 Å². The van der Waals surface area contributed by atoms with Crippen LogP contribution < -0.4 is 10.1 Å². The molecule has 0 bridgehead atoms. The zero-order valence-corrected chi connectivity index (χ0v) is 20.7. The van der Waals surface area contributed by atoms with E-state index in [0.717, 1.165) is 31.2 Å². The van der Waals surface area contributed by atoms with Crippen molar-refractivity contribution in [1.82, 2.24) is 15.2 Å². The molecule has 188 valence electrons. The summed E-state index contributed by atoms with van der Waals surface area (Å²) < 4.78 is 5.40. The second kappa shape index (κ2) is 13.4. The van der Waals surface area contributed by atoms with Crippen molar-refractivity contribution < 1.29 is 14.3 Å². The lowest BCUT2D eigenvalue weighted by atomic mass is 9.88. The first-order valence-corrected chi connectivity index (χ1v) is 12.9. The molecule has 0 atom stereocenters. The Balaban J connectivity index is 0.000000174. The summed E-state index contributed by atoms with van der Waals surface area (Å²) in [4.78, 5) is 29.9. The van der Waals surface area contributed by atoms with Crippen molar-refractivity contribution in [3.05, 3.63) is 96.3 Å². The second-order valence-electron chi connectivity index (χ2n) is 9.43. The molecule has 0 aliphatic heterocycles. The summed E-state index contributed by atoms with van der Waals surface area (Å²) in [5.41, 5.74) is 2.29. The molecular weight excluding hydrogens is 450 g/mol. The molecule has 2 saturated carbocycles. The van der Waals surface area contributed by atoms with Crippen LogP contribution in [0.4, 0.5) is 4.79 Å². The molecule has 6 heteroatoms. The van der Waals surface area contributed by atoms with E-state index in [9.17, 15) is 9.59 Å². The highest BCUT2D eigenvalue weighted by Gasteiger charge is 2.33. The van der Waals surface area contributed by atoms with E-state index in [1.807, 2.05) is 60.7 Å². The standard InChI is InChI=1S/C16H16N2O2.C14H19NO/c19-16(20-15-8-10-17-11-9-15)18(14-6-7-14)12-13-4-2-1-3-5-13;16-14(13-9-5-2-6-10-13)15-11-12-7-3-1-4-8-12/h1-5,8-11,14H,6-7,12H2;1,3-4,7-8,13H,2,5-6,9-11H2,(H,15,16). The molecule has 0 radical (unpaired) electrons.